The Labute approximate surface area is 170 Å². The Bertz CT molecular complexity index is 1120. The molecule has 0 fully saturated rings. The van der Waals surface area contributed by atoms with Gasteiger partial charge in [-0.15, -0.1) is 0 Å². The van der Waals surface area contributed by atoms with Crippen molar-refractivity contribution in [2.75, 3.05) is 12.4 Å². The molecule has 2 heterocycles. The summed E-state index contributed by atoms with van der Waals surface area (Å²) in [6.07, 6.45) is 1.39. The van der Waals surface area contributed by atoms with E-state index in [-0.39, 0.29) is 27.4 Å². The summed E-state index contributed by atoms with van der Waals surface area (Å²) in [5.41, 5.74) is 1.35. The predicted octanol–water partition coefficient (Wildman–Crippen LogP) is 4.37. The molecule has 0 unspecified atom stereocenters. The zero-order valence-electron chi connectivity index (χ0n) is 17.0. The highest BCUT2D eigenvalue weighted by Crippen LogP contribution is 2.37. The molecule has 2 aromatic heterocycles. The zero-order valence-corrected chi connectivity index (χ0v) is 17.8. The highest BCUT2D eigenvalue weighted by atomic mass is 32.2. The van der Waals surface area contributed by atoms with Crippen molar-refractivity contribution in [3.8, 4) is 5.75 Å². The quantitative estimate of drug-likeness (QED) is 0.644. The van der Waals surface area contributed by atoms with Crippen molar-refractivity contribution >= 4 is 21.6 Å². The molecule has 1 aromatic carbocycles. The van der Waals surface area contributed by atoms with Gasteiger partial charge in [-0.25, -0.2) is 8.42 Å². The first-order valence-electron chi connectivity index (χ1n) is 9.13. The lowest BCUT2D eigenvalue weighted by atomic mass is 10.3. The molecule has 7 nitrogen and oxygen atoms in total. The number of sulfone groups is 1. The third-order valence-corrected chi connectivity index (χ3v) is 6.76. The Kier molecular flexibility index (Phi) is 5.57. The third kappa shape index (κ3) is 3.67. The van der Waals surface area contributed by atoms with Gasteiger partial charge in [0.1, 0.15) is 16.5 Å². The fourth-order valence-electron chi connectivity index (χ4n) is 3.34. The molecule has 1 amide bonds. The number of hydrogen-bond acceptors (Lipinski definition) is 5. The van der Waals surface area contributed by atoms with E-state index in [1.807, 2.05) is 25.3 Å². The number of benzene rings is 1. The van der Waals surface area contributed by atoms with Crippen molar-refractivity contribution in [1.82, 2.24) is 4.57 Å². The maximum absolute atomic E-state index is 13.5. The number of ether oxygens (including phenoxy) is 1. The van der Waals surface area contributed by atoms with Crippen LogP contribution in [-0.2, 0) is 9.84 Å². The number of carbonyl (C=O) groups excluding carboxylic acids is 1. The third-order valence-electron chi connectivity index (χ3n) is 4.83. The van der Waals surface area contributed by atoms with Crippen LogP contribution in [-0.4, -0.2) is 26.0 Å². The number of furan rings is 1. The van der Waals surface area contributed by atoms with E-state index in [1.165, 1.54) is 31.6 Å². The standard InChI is InChI=1S/C21H24N2O5S/c1-13(2)23-15(4)14(3)19(20(23)22-21(24)18-7-6-12-28-18)29(25,26)17-10-8-16(27-5)9-11-17/h6-13H,1-5H3,(H,22,24). The van der Waals surface area contributed by atoms with Crippen LogP contribution < -0.4 is 10.1 Å². The second-order valence-electron chi connectivity index (χ2n) is 6.96. The topological polar surface area (TPSA) is 90.5 Å². The second-order valence-corrected chi connectivity index (χ2v) is 8.85. The average molecular weight is 416 g/mol. The van der Waals surface area contributed by atoms with Gasteiger partial charge in [0, 0.05) is 11.7 Å². The summed E-state index contributed by atoms with van der Waals surface area (Å²) < 4.78 is 39.1. The maximum Gasteiger partial charge on any atom is 0.292 e. The van der Waals surface area contributed by atoms with Crippen LogP contribution in [0, 0.1) is 13.8 Å². The Hall–Kier alpha value is -3.00. The molecule has 29 heavy (non-hydrogen) atoms. The number of carbonyl (C=O) groups is 1. The van der Waals surface area contributed by atoms with Crippen LogP contribution in [0.5, 0.6) is 5.75 Å². The van der Waals surface area contributed by atoms with Crippen LogP contribution in [0.25, 0.3) is 0 Å². The summed E-state index contributed by atoms with van der Waals surface area (Å²) >= 11 is 0. The van der Waals surface area contributed by atoms with Crippen molar-refractivity contribution in [1.29, 1.82) is 0 Å². The van der Waals surface area contributed by atoms with E-state index in [0.29, 0.717) is 11.3 Å². The van der Waals surface area contributed by atoms with Gasteiger partial charge in [-0.05, 0) is 69.7 Å². The lowest BCUT2D eigenvalue weighted by molar-refractivity contribution is 0.0995. The predicted molar refractivity (Wildman–Crippen MR) is 109 cm³/mol. The fourth-order valence-corrected chi connectivity index (χ4v) is 5.03. The van der Waals surface area contributed by atoms with Gasteiger partial charge in [0.2, 0.25) is 9.84 Å². The van der Waals surface area contributed by atoms with Crippen LogP contribution in [0.1, 0.15) is 41.7 Å². The largest absolute Gasteiger partial charge is 0.497 e. The number of nitrogens with zero attached hydrogens (tertiary/aromatic N) is 1. The lowest BCUT2D eigenvalue weighted by Crippen LogP contribution is -2.18. The van der Waals surface area contributed by atoms with Gasteiger partial charge in [0.05, 0.1) is 18.3 Å². The molecule has 0 saturated heterocycles. The fraction of sp³-hybridized carbons (Fsp3) is 0.286. The van der Waals surface area contributed by atoms with E-state index >= 15 is 0 Å². The zero-order chi connectivity index (χ0) is 21.3. The SMILES string of the molecule is COc1ccc(S(=O)(=O)c2c(C)c(C)n(C(C)C)c2NC(=O)c2ccco2)cc1. The van der Waals surface area contributed by atoms with Crippen molar-refractivity contribution in [2.45, 2.75) is 43.5 Å². The smallest absolute Gasteiger partial charge is 0.292 e. The summed E-state index contributed by atoms with van der Waals surface area (Å²) in [7, 11) is -2.38. The molecule has 0 aliphatic rings. The van der Waals surface area contributed by atoms with E-state index < -0.39 is 15.7 Å². The van der Waals surface area contributed by atoms with Crippen LogP contribution in [0.2, 0.25) is 0 Å². The van der Waals surface area contributed by atoms with Gasteiger partial charge in [-0.2, -0.15) is 0 Å². The van der Waals surface area contributed by atoms with Crippen LogP contribution >= 0.6 is 0 Å². The van der Waals surface area contributed by atoms with E-state index in [4.69, 9.17) is 9.15 Å². The van der Waals surface area contributed by atoms with E-state index in [0.717, 1.165) is 5.69 Å². The summed E-state index contributed by atoms with van der Waals surface area (Å²) in [6, 6.07) is 9.23. The molecule has 1 N–H and O–H groups in total. The van der Waals surface area contributed by atoms with Crippen molar-refractivity contribution < 1.29 is 22.4 Å². The van der Waals surface area contributed by atoms with Crippen LogP contribution in [0.15, 0.2) is 56.9 Å². The number of hydrogen-bond donors (Lipinski definition) is 1. The number of rotatable bonds is 6. The molecule has 0 bridgehead atoms. The Morgan fingerprint density at radius 2 is 1.79 bits per heavy atom. The van der Waals surface area contributed by atoms with Gasteiger partial charge in [0.15, 0.2) is 5.76 Å². The highest BCUT2D eigenvalue weighted by Gasteiger charge is 2.31. The van der Waals surface area contributed by atoms with E-state index in [2.05, 4.69) is 5.32 Å². The summed E-state index contributed by atoms with van der Waals surface area (Å²) in [4.78, 5) is 12.8. The maximum atomic E-state index is 13.5. The first kappa shape index (κ1) is 20.7. The minimum atomic E-state index is -3.90. The second kappa shape index (κ2) is 7.79. The molecule has 3 aromatic rings. The Morgan fingerprint density at radius 3 is 2.31 bits per heavy atom. The van der Waals surface area contributed by atoms with Gasteiger partial charge in [-0.3, -0.25) is 4.79 Å². The lowest BCUT2D eigenvalue weighted by Gasteiger charge is -2.17. The molecule has 3 rings (SSSR count). The van der Waals surface area contributed by atoms with E-state index in [9.17, 15) is 13.2 Å². The first-order valence-corrected chi connectivity index (χ1v) is 10.6. The minimum absolute atomic E-state index is 0.0691. The molecule has 0 aliphatic carbocycles. The molecule has 154 valence electrons. The first-order chi connectivity index (χ1) is 13.7. The molecule has 0 spiro atoms. The average Bonchev–Trinajstić information content (AvgIpc) is 3.29. The molecule has 8 heteroatoms. The summed E-state index contributed by atoms with van der Waals surface area (Å²) in [6.45, 7) is 7.44. The van der Waals surface area contributed by atoms with Crippen molar-refractivity contribution in [2.24, 2.45) is 0 Å². The monoisotopic (exact) mass is 416 g/mol. The number of amides is 1. The number of nitrogens with one attached hydrogen (secondary N) is 1. The van der Waals surface area contributed by atoms with Gasteiger partial charge in [-0.1, -0.05) is 0 Å². The van der Waals surface area contributed by atoms with Crippen LogP contribution in [0.4, 0.5) is 5.82 Å². The normalized spacial score (nSPS) is 11.7. The molecular weight excluding hydrogens is 392 g/mol. The molecule has 0 atom stereocenters. The molecule has 0 aliphatic heterocycles. The Morgan fingerprint density at radius 1 is 1.14 bits per heavy atom. The summed E-state index contributed by atoms with van der Waals surface area (Å²) in [5.74, 6) is 0.375. The van der Waals surface area contributed by atoms with Gasteiger partial charge in [0.25, 0.3) is 5.91 Å². The molecule has 0 radical (unpaired) electrons. The van der Waals surface area contributed by atoms with E-state index in [1.54, 1.807) is 25.1 Å². The highest BCUT2D eigenvalue weighted by molar-refractivity contribution is 7.91. The number of aromatic nitrogens is 1. The Balaban J connectivity index is 2.19. The number of methoxy groups -OCH3 is 1. The molecular formula is C21H24N2O5S. The van der Waals surface area contributed by atoms with Crippen molar-refractivity contribution in [3.05, 3.63) is 59.7 Å². The minimum Gasteiger partial charge on any atom is -0.497 e. The van der Waals surface area contributed by atoms with Crippen LogP contribution in [0.3, 0.4) is 0 Å². The molecule has 0 saturated carbocycles. The summed E-state index contributed by atoms with van der Waals surface area (Å²) in [5, 5.41) is 2.75. The van der Waals surface area contributed by atoms with Gasteiger partial charge >= 0.3 is 0 Å². The number of anilines is 1. The van der Waals surface area contributed by atoms with Gasteiger partial charge < -0.3 is 19.0 Å². The van der Waals surface area contributed by atoms with Crippen molar-refractivity contribution in [3.63, 3.8) is 0 Å².